The van der Waals surface area contributed by atoms with Gasteiger partial charge in [-0.15, -0.1) is 0 Å². The number of hydrogen-bond acceptors (Lipinski definition) is 2. The fraction of sp³-hybridized carbons (Fsp3) is 0.909. The number of carbonyl (C=O) groups excluding carboxylic acids is 1. The second-order valence-corrected chi connectivity index (χ2v) is 4.44. The third-order valence-electron chi connectivity index (χ3n) is 3.27. The molecule has 2 aliphatic rings. The van der Waals surface area contributed by atoms with Crippen molar-refractivity contribution in [2.45, 2.75) is 44.6 Å². The van der Waals surface area contributed by atoms with Crippen molar-refractivity contribution in [2.24, 2.45) is 0 Å². The van der Waals surface area contributed by atoms with Crippen molar-refractivity contribution < 1.29 is 4.79 Å². The maximum Gasteiger partial charge on any atom is 0.222 e. The fourth-order valence-electron chi connectivity index (χ4n) is 2.41. The highest BCUT2D eigenvalue weighted by Crippen LogP contribution is 2.14. The van der Waals surface area contributed by atoms with E-state index in [2.05, 4.69) is 10.2 Å². The van der Waals surface area contributed by atoms with Gasteiger partial charge in [0.2, 0.25) is 5.91 Å². The van der Waals surface area contributed by atoms with Crippen LogP contribution in [0.5, 0.6) is 0 Å². The Kier molecular flexibility index (Phi) is 3.40. The van der Waals surface area contributed by atoms with E-state index in [1.165, 1.54) is 25.7 Å². The van der Waals surface area contributed by atoms with Crippen LogP contribution in [-0.2, 0) is 4.79 Å². The van der Waals surface area contributed by atoms with Crippen molar-refractivity contribution in [3.63, 3.8) is 0 Å². The highest BCUT2D eigenvalue weighted by molar-refractivity contribution is 5.76. The molecule has 0 bridgehead atoms. The van der Waals surface area contributed by atoms with E-state index in [1.54, 1.807) is 0 Å². The summed E-state index contributed by atoms with van der Waals surface area (Å²) in [5.41, 5.74) is 0. The van der Waals surface area contributed by atoms with E-state index >= 15 is 0 Å². The summed E-state index contributed by atoms with van der Waals surface area (Å²) in [4.78, 5) is 13.8. The van der Waals surface area contributed by atoms with E-state index in [0.29, 0.717) is 11.9 Å². The first-order valence-electron chi connectivity index (χ1n) is 5.87. The summed E-state index contributed by atoms with van der Waals surface area (Å²) >= 11 is 0. The maximum absolute atomic E-state index is 11.7. The van der Waals surface area contributed by atoms with Gasteiger partial charge < -0.3 is 10.2 Å². The molecule has 0 aliphatic carbocycles. The fourth-order valence-corrected chi connectivity index (χ4v) is 2.41. The predicted molar refractivity (Wildman–Crippen MR) is 56.1 cm³/mol. The minimum atomic E-state index is 0.371. The Bertz CT molecular complexity index is 199. The topological polar surface area (TPSA) is 32.3 Å². The van der Waals surface area contributed by atoms with E-state index in [0.717, 1.165) is 32.5 Å². The zero-order valence-corrected chi connectivity index (χ0v) is 8.80. The lowest BCUT2D eigenvalue weighted by Crippen LogP contribution is -2.40. The van der Waals surface area contributed by atoms with Gasteiger partial charge in [-0.05, 0) is 32.2 Å². The third-order valence-corrected chi connectivity index (χ3v) is 3.27. The van der Waals surface area contributed by atoms with Gasteiger partial charge in [-0.3, -0.25) is 4.79 Å². The van der Waals surface area contributed by atoms with Crippen molar-refractivity contribution in [3.05, 3.63) is 0 Å². The second-order valence-electron chi connectivity index (χ2n) is 4.44. The Labute approximate surface area is 85.8 Å². The Balaban J connectivity index is 1.84. The van der Waals surface area contributed by atoms with Crippen LogP contribution in [-0.4, -0.2) is 36.5 Å². The van der Waals surface area contributed by atoms with Gasteiger partial charge in [0.05, 0.1) is 0 Å². The number of carbonyl (C=O) groups is 1. The second kappa shape index (κ2) is 4.78. The largest absolute Gasteiger partial charge is 0.341 e. The molecule has 0 aromatic rings. The molecule has 3 heteroatoms. The normalized spacial score (nSPS) is 29.3. The highest BCUT2D eigenvalue weighted by Gasteiger charge is 2.22. The lowest BCUT2D eigenvalue weighted by atomic mass is 10.2. The molecule has 1 unspecified atom stereocenters. The van der Waals surface area contributed by atoms with Gasteiger partial charge in [0.25, 0.3) is 0 Å². The first-order valence-corrected chi connectivity index (χ1v) is 5.87. The van der Waals surface area contributed by atoms with Crippen LogP contribution in [0.3, 0.4) is 0 Å². The average Bonchev–Trinajstić information content (AvgIpc) is 2.60. The monoisotopic (exact) mass is 196 g/mol. The summed E-state index contributed by atoms with van der Waals surface area (Å²) in [5, 5.41) is 3.45. The minimum absolute atomic E-state index is 0.371. The molecule has 1 N–H and O–H groups in total. The molecule has 0 aromatic heterocycles. The molecular formula is C11H20N2O. The van der Waals surface area contributed by atoms with E-state index in [1.807, 2.05) is 0 Å². The molecule has 2 saturated heterocycles. The van der Waals surface area contributed by atoms with Gasteiger partial charge in [0, 0.05) is 25.6 Å². The molecule has 0 saturated carbocycles. The van der Waals surface area contributed by atoms with E-state index in [9.17, 15) is 4.79 Å². The van der Waals surface area contributed by atoms with Crippen molar-refractivity contribution in [3.8, 4) is 0 Å². The van der Waals surface area contributed by atoms with Crippen molar-refractivity contribution >= 4 is 5.91 Å². The molecule has 3 nitrogen and oxygen atoms in total. The Morgan fingerprint density at radius 3 is 3.00 bits per heavy atom. The molecule has 2 rings (SSSR count). The molecule has 1 amide bonds. The standard InChI is InChI=1S/C11H20N2O/c14-11-6-2-1-3-8-13(11)9-10-5-4-7-12-10/h10,12H,1-9H2. The van der Waals surface area contributed by atoms with Gasteiger partial charge in [0.1, 0.15) is 0 Å². The molecule has 0 aromatic carbocycles. The molecule has 0 radical (unpaired) electrons. The van der Waals surface area contributed by atoms with Gasteiger partial charge in [-0.2, -0.15) is 0 Å². The van der Waals surface area contributed by atoms with Crippen LogP contribution in [0.1, 0.15) is 38.5 Å². The summed E-state index contributed by atoms with van der Waals surface area (Å²) in [6, 6.07) is 0.567. The summed E-state index contributed by atoms with van der Waals surface area (Å²) < 4.78 is 0. The minimum Gasteiger partial charge on any atom is -0.341 e. The number of hydrogen-bond donors (Lipinski definition) is 1. The van der Waals surface area contributed by atoms with E-state index in [4.69, 9.17) is 0 Å². The first-order chi connectivity index (χ1) is 6.86. The van der Waals surface area contributed by atoms with Crippen molar-refractivity contribution in [2.75, 3.05) is 19.6 Å². The Hall–Kier alpha value is -0.570. The molecule has 14 heavy (non-hydrogen) atoms. The number of rotatable bonds is 2. The SMILES string of the molecule is O=C1CCCCCN1CC1CCCN1. The van der Waals surface area contributed by atoms with Gasteiger partial charge >= 0.3 is 0 Å². The van der Waals surface area contributed by atoms with Crippen LogP contribution in [0.2, 0.25) is 0 Å². The van der Waals surface area contributed by atoms with E-state index in [-0.39, 0.29) is 0 Å². The quantitative estimate of drug-likeness (QED) is 0.718. The lowest BCUT2D eigenvalue weighted by Gasteiger charge is -2.24. The molecular weight excluding hydrogens is 176 g/mol. The van der Waals surface area contributed by atoms with Crippen molar-refractivity contribution in [1.29, 1.82) is 0 Å². The summed E-state index contributed by atoms with van der Waals surface area (Å²) in [7, 11) is 0. The smallest absolute Gasteiger partial charge is 0.222 e. The molecule has 0 spiro atoms. The van der Waals surface area contributed by atoms with Crippen LogP contribution in [0.25, 0.3) is 0 Å². The van der Waals surface area contributed by atoms with Crippen molar-refractivity contribution in [1.82, 2.24) is 10.2 Å². The third kappa shape index (κ3) is 2.47. The molecule has 2 heterocycles. The van der Waals surface area contributed by atoms with Gasteiger partial charge in [-0.1, -0.05) is 6.42 Å². The lowest BCUT2D eigenvalue weighted by molar-refractivity contribution is -0.131. The van der Waals surface area contributed by atoms with Crippen LogP contribution in [0.4, 0.5) is 0 Å². The Morgan fingerprint density at radius 2 is 2.21 bits per heavy atom. The predicted octanol–water partition coefficient (Wildman–Crippen LogP) is 1.14. The Morgan fingerprint density at radius 1 is 1.29 bits per heavy atom. The first kappa shape index (κ1) is 9.97. The highest BCUT2D eigenvalue weighted by atomic mass is 16.2. The van der Waals surface area contributed by atoms with Gasteiger partial charge in [0.15, 0.2) is 0 Å². The molecule has 2 aliphatic heterocycles. The summed E-state index contributed by atoms with van der Waals surface area (Å²) in [5.74, 6) is 0.371. The molecule has 2 fully saturated rings. The number of likely N-dealkylation sites (tertiary alicyclic amines) is 1. The van der Waals surface area contributed by atoms with Crippen LogP contribution >= 0.6 is 0 Å². The number of nitrogens with one attached hydrogen (secondary N) is 1. The van der Waals surface area contributed by atoms with Crippen LogP contribution in [0.15, 0.2) is 0 Å². The maximum atomic E-state index is 11.7. The average molecular weight is 196 g/mol. The zero-order valence-electron chi connectivity index (χ0n) is 8.80. The number of amides is 1. The summed E-state index contributed by atoms with van der Waals surface area (Å²) in [6.45, 7) is 3.06. The van der Waals surface area contributed by atoms with Crippen LogP contribution in [0, 0.1) is 0 Å². The van der Waals surface area contributed by atoms with Crippen LogP contribution < -0.4 is 5.32 Å². The van der Waals surface area contributed by atoms with Gasteiger partial charge in [-0.25, -0.2) is 0 Å². The zero-order chi connectivity index (χ0) is 9.80. The molecule has 80 valence electrons. The van der Waals surface area contributed by atoms with E-state index < -0.39 is 0 Å². The summed E-state index contributed by atoms with van der Waals surface area (Å²) in [6.07, 6.45) is 6.79. The number of nitrogens with zero attached hydrogens (tertiary/aromatic N) is 1. The molecule has 1 atom stereocenters.